The third-order valence-electron chi connectivity index (χ3n) is 4.73. The van der Waals surface area contributed by atoms with Gasteiger partial charge in [0.2, 0.25) is 0 Å². The minimum Gasteiger partial charge on any atom is -0.339 e. The molecule has 3 nitrogen and oxygen atoms in total. The van der Waals surface area contributed by atoms with E-state index < -0.39 is 17.5 Å². The fraction of sp³-hybridized carbons (Fsp3) is 0.562. The molecular formula is C16H20Cl2F2N2O. The summed E-state index contributed by atoms with van der Waals surface area (Å²) < 4.78 is 27.3. The van der Waals surface area contributed by atoms with Gasteiger partial charge < -0.3 is 10.2 Å². The summed E-state index contributed by atoms with van der Waals surface area (Å²) in [7, 11) is 0. The van der Waals surface area contributed by atoms with Crippen LogP contribution in [0.15, 0.2) is 12.1 Å². The first-order chi connectivity index (χ1) is 10.6. The van der Waals surface area contributed by atoms with E-state index in [0.717, 1.165) is 31.5 Å². The smallest absolute Gasteiger partial charge is 0.256 e. The summed E-state index contributed by atoms with van der Waals surface area (Å²) >= 11 is 5.52. The maximum Gasteiger partial charge on any atom is 0.256 e. The van der Waals surface area contributed by atoms with Gasteiger partial charge in [-0.15, -0.1) is 12.4 Å². The Labute approximate surface area is 145 Å². The number of hydrogen-bond donors (Lipinski definition) is 1. The first-order valence-electron chi connectivity index (χ1n) is 7.73. The number of likely N-dealkylation sites (tertiary alicyclic amines) is 1. The summed E-state index contributed by atoms with van der Waals surface area (Å²) in [6.45, 7) is 2.25. The summed E-state index contributed by atoms with van der Waals surface area (Å²) in [5.74, 6) is -1.42. The van der Waals surface area contributed by atoms with Gasteiger partial charge >= 0.3 is 0 Å². The van der Waals surface area contributed by atoms with E-state index in [2.05, 4.69) is 5.32 Å². The summed E-state index contributed by atoms with van der Waals surface area (Å²) in [5.41, 5.74) is -0.237. The van der Waals surface area contributed by atoms with Crippen molar-refractivity contribution in [2.45, 2.75) is 31.7 Å². The molecule has 0 aliphatic carbocycles. The summed E-state index contributed by atoms with van der Waals surface area (Å²) in [6, 6.07) is 2.30. The molecular weight excluding hydrogens is 345 g/mol. The molecule has 1 aromatic carbocycles. The number of carbonyl (C=O) groups excluding carboxylic acids is 1. The van der Waals surface area contributed by atoms with Crippen molar-refractivity contribution in [1.29, 1.82) is 0 Å². The van der Waals surface area contributed by atoms with E-state index >= 15 is 0 Å². The SMILES string of the molecule is Cl.O=C(c1cc(F)c(Cl)cc1F)N1CCC(C2CCCN2)CC1. The molecule has 2 aliphatic heterocycles. The van der Waals surface area contributed by atoms with E-state index in [-0.39, 0.29) is 23.0 Å². The average Bonchev–Trinajstić information content (AvgIpc) is 3.05. The van der Waals surface area contributed by atoms with Crippen LogP contribution in [0.1, 0.15) is 36.0 Å². The van der Waals surface area contributed by atoms with E-state index in [9.17, 15) is 13.6 Å². The van der Waals surface area contributed by atoms with E-state index in [4.69, 9.17) is 11.6 Å². The van der Waals surface area contributed by atoms with Crippen LogP contribution >= 0.6 is 24.0 Å². The van der Waals surface area contributed by atoms with Crippen molar-refractivity contribution in [3.05, 3.63) is 34.4 Å². The van der Waals surface area contributed by atoms with Gasteiger partial charge in [-0.25, -0.2) is 8.78 Å². The van der Waals surface area contributed by atoms with Crippen LogP contribution in [0.5, 0.6) is 0 Å². The molecule has 1 aromatic rings. The number of halogens is 4. The highest BCUT2D eigenvalue weighted by Crippen LogP contribution is 2.27. The lowest BCUT2D eigenvalue weighted by Crippen LogP contribution is -2.43. The third kappa shape index (κ3) is 3.95. The van der Waals surface area contributed by atoms with Gasteiger partial charge in [0.15, 0.2) is 0 Å². The number of nitrogens with zero attached hydrogens (tertiary/aromatic N) is 1. The Morgan fingerprint density at radius 2 is 1.87 bits per heavy atom. The zero-order chi connectivity index (χ0) is 15.7. The predicted molar refractivity (Wildman–Crippen MR) is 88.3 cm³/mol. The number of carbonyl (C=O) groups is 1. The second-order valence-corrected chi connectivity index (χ2v) is 6.49. The van der Waals surface area contributed by atoms with Crippen LogP contribution in [0, 0.1) is 17.6 Å². The van der Waals surface area contributed by atoms with Crippen molar-refractivity contribution >= 4 is 29.9 Å². The van der Waals surface area contributed by atoms with Gasteiger partial charge in [0.25, 0.3) is 5.91 Å². The highest BCUT2D eigenvalue weighted by molar-refractivity contribution is 6.30. The van der Waals surface area contributed by atoms with E-state index in [1.54, 1.807) is 4.90 Å². The maximum atomic E-state index is 13.8. The van der Waals surface area contributed by atoms with Crippen LogP contribution in [0.3, 0.4) is 0 Å². The molecule has 0 aromatic heterocycles. The van der Waals surface area contributed by atoms with Crippen LogP contribution in [-0.4, -0.2) is 36.5 Å². The number of hydrogen-bond acceptors (Lipinski definition) is 2. The lowest BCUT2D eigenvalue weighted by atomic mass is 9.88. The number of amides is 1. The first kappa shape index (κ1) is 18.4. The molecule has 3 rings (SSSR count). The molecule has 1 N–H and O–H groups in total. The Hall–Kier alpha value is -0.910. The van der Waals surface area contributed by atoms with Crippen molar-refractivity contribution < 1.29 is 13.6 Å². The van der Waals surface area contributed by atoms with E-state index in [1.165, 1.54) is 12.8 Å². The fourth-order valence-electron chi connectivity index (χ4n) is 3.48. The summed E-state index contributed by atoms with van der Waals surface area (Å²) in [6.07, 6.45) is 4.21. The molecule has 0 bridgehead atoms. The van der Waals surface area contributed by atoms with Gasteiger partial charge in [0, 0.05) is 19.1 Å². The van der Waals surface area contributed by atoms with Crippen LogP contribution in [0.25, 0.3) is 0 Å². The molecule has 0 radical (unpaired) electrons. The Morgan fingerprint density at radius 1 is 1.17 bits per heavy atom. The molecule has 128 valence electrons. The minimum atomic E-state index is -0.768. The Bertz CT molecular complexity index is 571. The highest BCUT2D eigenvalue weighted by atomic mass is 35.5. The molecule has 2 heterocycles. The van der Waals surface area contributed by atoms with Crippen molar-refractivity contribution in [2.24, 2.45) is 5.92 Å². The van der Waals surface area contributed by atoms with Gasteiger partial charge in [0.1, 0.15) is 11.6 Å². The molecule has 2 fully saturated rings. The quantitative estimate of drug-likeness (QED) is 0.812. The lowest BCUT2D eigenvalue weighted by Gasteiger charge is -2.35. The topological polar surface area (TPSA) is 32.3 Å². The van der Waals surface area contributed by atoms with Crippen LogP contribution in [0.2, 0.25) is 5.02 Å². The number of benzene rings is 1. The van der Waals surface area contributed by atoms with Gasteiger partial charge in [-0.05, 0) is 50.3 Å². The van der Waals surface area contributed by atoms with Crippen molar-refractivity contribution in [1.82, 2.24) is 10.2 Å². The second kappa shape index (κ2) is 7.77. The van der Waals surface area contributed by atoms with Crippen molar-refractivity contribution in [2.75, 3.05) is 19.6 Å². The third-order valence-corrected chi connectivity index (χ3v) is 5.02. The lowest BCUT2D eigenvalue weighted by molar-refractivity contribution is 0.0669. The largest absolute Gasteiger partial charge is 0.339 e. The van der Waals surface area contributed by atoms with Gasteiger partial charge in [0.05, 0.1) is 10.6 Å². The van der Waals surface area contributed by atoms with Gasteiger partial charge in [-0.2, -0.15) is 0 Å². The summed E-state index contributed by atoms with van der Waals surface area (Å²) in [4.78, 5) is 14.0. The molecule has 0 saturated carbocycles. The minimum absolute atomic E-state index is 0. The molecule has 7 heteroatoms. The van der Waals surface area contributed by atoms with Crippen LogP contribution in [-0.2, 0) is 0 Å². The molecule has 1 atom stereocenters. The maximum absolute atomic E-state index is 13.8. The van der Waals surface area contributed by atoms with Crippen LogP contribution < -0.4 is 5.32 Å². The summed E-state index contributed by atoms with van der Waals surface area (Å²) in [5, 5.41) is 3.19. The fourth-order valence-corrected chi connectivity index (χ4v) is 3.63. The van der Waals surface area contributed by atoms with Gasteiger partial charge in [-0.3, -0.25) is 4.79 Å². The number of nitrogens with one attached hydrogen (secondary N) is 1. The molecule has 2 aliphatic rings. The zero-order valence-corrected chi connectivity index (χ0v) is 14.2. The average molecular weight is 365 g/mol. The Kier molecular flexibility index (Phi) is 6.23. The standard InChI is InChI=1S/C16H19ClF2N2O.ClH/c17-12-9-13(18)11(8-14(12)19)16(22)21-6-3-10(4-7-21)15-2-1-5-20-15;/h8-10,15,20H,1-7H2;1H. The number of piperidine rings is 1. The Morgan fingerprint density at radius 3 is 2.48 bits per heavy atom. The van der Waals surface area contributed by atoms with Crippen LogP contribution in [0.4, 0.5) is 8.78 Å². The first-order valence-corrected chi connectivity index (χ1v) is 8.11. The molecule has 1 amide bonds. The van der Waals surface area contributed by atoms with Crippen molar-refractivity contribution in [3.8, 4) is 0 Å². The molecule has 0 spiro atoms. The number of rotatable bonds is 2. The van der Waals surface area contributed by atoms with Crippen molar-refractivity contribution in [3.63, 3.8) is 0 Å². The second-order valence-electron chi connectivity index (χ2n) is 6.08. The molecule has 23 heavy (non-hydrogen) atoms. The molecule has 1 unspecified atom stereocenters. The van der Waals surface area contributed by atoms with Gasteiger partial charge in [-0.1, -0.05) is 11.6 Å². The predicted octanol–water partition coefficient (Wildman–Crippen LogP) is 3.64. The normalized spacial score (nSPS) is 22.0. The molecule has 2 saturated heterocycles. The monoisotopic (exact) mass is 364 g/mol. The van der Waals surface area contributed by atoms with E-state index in [1.807, 2.05) is 0 Å². The van der Waals surface area contributed by atoms with E-state index in [0.29, 0.717) is 25.0 Å². The Balaban J connectivity index is 0.00000192. The zero-order valence-electron chi connectivity index (χ0n) is 12.7. The highest BCUT2D eigenvalue weighted by Gasteiger charge is 2.31.